The molecule has 0 rings (SSSR count). The van der Waals surface area contributed by atoms with Crippen molar-refractivity contribution in [2.75, 3.05) is 19.8 Å². The van der Waals surface area contributed by atoms with Crippen LogP contribution in [0.2, 0.25) is 0 Å². The molecule has 20 heavy (non-hydrogen) atoms. The van der Waals surface area contributed by atoms with Gasteiger partial charge in [0.25, 0.3) is 0 Å². The van der Waals surface area contributed by atoms with Crippen LogP contribution in [0.15, 0.2) is 12.2 Å². The van der Waals surface area contributed by atoms with Crippen LogP contribution in [0.5, 0.6) is 0 Å². The Hall–Kier alpha value is -1.49. The zero-order chi connectivity index (χ0) is 15.5. The Bertz CT molecular complexity index is 359. The lowest BCUT2D eigenvalue weighted by atomic mass is 10.0. The fourth-order valence-electron chi connectivity index (χ4n) is 1.39. The topological polar surface area (TPSA) is 69.7 Å². The van der Waals surface area contributed by atoms with E-state index in [1.807, 2.05) is 0 Å². The van der Waals surface area contributed by atoms with Gasteiger partial charge in [-0.2, -0.15) is 0 Å². The average molecular weight is 284 g/mol. The van der Waals surface area contributed by atoms with Crippen LogP contribution < -0.4 is 0 Å². The fraction of sp³-hybridized carbons (Fsp3) is 0.667. The van der Waals surface area contributed by atoms with E-state index in [-0.39, 0.29) is 24.7 Å². The van der Waals surface area contributed by atoms with Gasteiger partial charge in [-0.15, -0.1) is 0 Å². The first kappa shape index (κ1) is 18.5. The Labute approximate surface area is 120 Å². The number of ketones is 2. The predicted molar refractivity (Wildman–Crippen MR) is 75.3 cm³/mol. The van der Waals surface area contributed by atoms with Crippen molar-refractivity contribution in [2.24, 2.45) is 5.92 Å². The van der Waals surface area contributed by atoms with Crippen molar-refractivity contribution in [3.63, 3.8) is 0 Å². The Balaban J connectivity index is 4.30. The molecule has 0 heterocycles. The second-order valence-corrected chi connectivity index (χ2v) is 4.86. The van der Waals surface area contributed by atoms with Crippen LogP contribution in [0.25, 0.3) is 0 Å². The maximum atomic E-state index is 11.7. The van der Waals surface area contributed by atoms with Gasteiger partial charge in [-0.1, -0.05) is 19.9 Å². The highest BCUT2D eigenvalue weighted by molar-refractivity contribution is 6.32. The summed E-state index contributed by atoms with van der Waals surface area (Å²) in [7, 11) is 0. The largest absolute Gasteiger partial charge is 0.460 e. The highest BCUT2D eigenvalue weighted by Gasteiger charge is 2.18. The Morgan fingerprint density at radius 3 is 2.30 bits per heavy atom. The summed E-state index contributed by atoms with van der Waals surface area (Å²) in [5, 5.41) is 0. The molecule has 1 atom stereocenters. The van der Waals surface area contributed by atoms with E-state index in [9.17, 15) is 14.4 Å². The number of ether oxygens (including phenoxy) is 2. The lowest BCUT2D eigenvalue weighted by Crippen LogP contribution is -2.24. The number of hydrogen-bond acceptors (Lipinski definition) is 5. The lowest BCUT2D eigenvalue weighted by Gasteiger charge is -2.16. The smallest absolute Gasteiger partial charge is 0.374 e. The van der Waals surface area contributed by atoms with Crippen molar-refractivity contribution < 1.29 is 23.9 Å². The molecule has 0 saturated carbocycles. The minimum Gasteiger partial charge on any atom is -0.460 e. The highest BCUT2D eigenvalue weighted by Crippen LogP contribution is 2.10. The molecule has 1 unspecified atom stereocenters. The van der Waals surface area contributed by atoms with Gasteiger partial charge in [-0.25, -0.2) is 4.79 Å². The molecule has 0 amide bonds. The first-order chi connectivity index (χ1) is 9.38. The molecule has 0 saturated heterocycles. The molecule has 0 aliphatic heterocycles. The van der Waals surface area contributed by atoms with E-state index in [0.29, 0.717) is 18.8 Å². The number of unbranched alkanes of at least 4 members (excludes halogenated alkanes) is 1. The third kappa shape index (κ3) is 8.58. The zero-order valence-corrected chi connectivity index (χ0v) is 12.6. The maximum Gasteiger partial charge on any atom is 0.374 e. The van der Waals surface area contributed by atoms with Crippen LogP contribution in [0.4, 0.5) is 0 Å². The van der Waals surface area contributed by atoms with Crippen LogP contribution in [0, 0.1) is 5.92 Å². The first-order valence-electron chi connectivity index (χ1n) is 6.82. The van der Waals surface area contributed by atoms with Crippen molar-refractivity contribution in [2.45, 2.75) is 40.0 Å². The molecule has 114 valence electrons. The third-order valence-electron chi connectivity index (χ3n) is 2.68. The summed E-state index contributed by atoms with van der Waals surface area (Å²) in [5.74, 6) is -1.87. The predicted octanol–water partition coefficient (Wildman–Crippen LogP) is 2.09. The van der Waals surface area contributed by atoms with Gasteiger partial charge in [0.05, 0.1) is 13.2 Å². The summed E-state index contributed by atoms with van der Waals surface area (Å²) < 4.78 is 10.3. The van der Waals surface area contributed by atoms with Gasteiger partial charge in [0.2, 0.25) is 5.78 Å². The van der Waals surface area contributed by atoms with E-state index in [1.54, 1.807) is 6.92 Å². The molecule has 0 aromatic rings. The number of allylic oxidation sites excluding steroid dienone is 1. The molecule has 0 bridgehead atoms. The molecule has 5 heteroatoms. The molecule has 0 aliphatic rings. The molecule has 0 aromatic carbocycles. The van der Waals surface area contributed by atoms with Gasteiger partial charge in [0, 0.05) is 25.9 Å². The van der Waals surface area contributed by atoms with Crippen molar-refractivity contribution in [3.8, 4) is 0 Å². The molecule has 0 aliphatic carbocycles. The Morgan fingerprint density at radius 2 is 1.80 bits per heavy atom. The maximum absolute atomic E-state index is 11.7. The van der Waals surface area contributed by atoms with Gasteiger partial charge in [-0.3, -0.25) is 9.59 Å². The van der Waals surface area contributed by atoms with E-state index in [4.69, 9.17) is 9.47 Å². The summed E-state index contributed by atoms with van der Waals surface area (Å²) in [6.07, 6.45) is 2.16. The van der Waals surface area contributed by atoms with Crippen LogP contribution in [0.1, 0.15) is 40.0 Å². The van der Waals surface area contributed by atoms with Crippen molar-refractivity contribution in [1.82, 2.24) is 0 Å². The van der Waals surface area contributed by atoms with E-state index in [2.05, 4.69) is 13.5 Å². The van der Waals surface area contributed by atoms with Crippen LogP contribution in [0.3, 0.4) is 0 Å². The summed E-state index contributed by atoms with van der Waals surface area (Å²) in [4.78, 5) is 33.6. The average Bonchev–Trinajstić information content (AvgIpc) is 2.39. The molecule has 5 nitrogen and oxygen atoms in total. The van der Waals surface area contributed by atoms with Gasteiger partial charge in [-0.05, 0) is 18.9 Å². The lowest BCUT2D eigenvalue weighted by molar-refractivity contribution is -0.154. The van der Waals surface area contributed by atoms with Gasteiger partial charge in [0.15, 0.2) is 5.78 Å². The number of hydrogen-bond donors (Lipinski definition) is 0. The third-order valence-corrected chi connectivity index (χ3v) is 2.68. The van der Waals surface area contributed by atoms with Crippen LogP contribution >= 0.6 is 0 Å². The number of carbonyl (C=O) groups excluding carboxylic acids is 3. The highest BCUT2D eigenvalue weighted by atomic mass is 16.5. The molecule has 0 N–H and O–H groups in total. The van der Waals surface area contributed by atoms with Gasteiger partial charge >= 0.3 is 5.97 Å². The normalized spacial score (nSPS) is 11.8. The standard InChI is InChI=1S/C15H24O5/c1-5-6-7-19-9-13(8-14(17)11(2)3)10-20-15(18)12(4)16/h13H,2,5-10H2,1,3-4H3. The fourth-order valence-corrected chi connectivity index (χ4v) is 1.39. The number of Topliss-reactive ketones (excluding diaryl/α,β-unsaturated/α-hetero) is 2. The van der Waals surface area contributed by atoms with Gasteiger partial charge < -0.3 is 9.47 Å². The molecule has 0 fully saturated rings. The van der Waals surface area contributed by atoms with E-state index in [1.165, 1.54) is 0 Å². The van der Waals surface area contributed by atoms with Gasteiger partial charge in [0.1, 0.15) is 0 Å². The summed E-state index contributed by atoms with van der Waals surface area (Å²) in [6, 6.07) is 0. The molecule has 0 spiro atoms. The second kappa shape index (κ2) is 10.3. The monoisotopic (exact) mass is 284 g/mol. The van der Waals surface area contributed by atoms with Crippen LogP contribution in [-0.2, 0) is 23.9 Å². The number of esters is 1. The zero-order valence-electron chi connectivity index (χ0n) is 12.6. The van der Waals surface area contributed by atoms with Crippen molar-refractivity contribution >= 4 is 17.5 Å². The molecular formula is C15H24O5. The first-order valence-corrected chi connectivity index (χ1v) is 6.82. The number of carbonyl (C=O) groups is 3. The Kier molecular flexibility index (Phi) is 9.55. The van der Waals surface area contributed by atoms with Crippen LogP contribution in [-0.4, -0.2) is 37.4 Å². The molecular weight excluding hydrogens is 260 g/mol. The summed E-state index contributed by atoms with van der Waals surface area (Å²) >= 11 is 0. The summed E-state index contributed by atoms with van der Waals surface area (Å²) in [5.41, 5.74) is 0.460. The minimum atomic E-state index is -0.883. The second-order valence-electron chi connectivity index (χ2n) is 4.86. The minimum absolute atomic E-state index is 0.00353. The quantitative estimate of drug-likeness (QED) is 0.251. The SMILES string of the molecule is C=C(C)C(=O)CC(COCCCC)COC(=O)C(C)=O. The van der Waals surface area contributed by atoms with E-state index in [0.717, 1.165) is 19.8 Å². The summed E-state index contributed by atoms with van der Waals surface area (Å²) in [6.45, 7) is 9.36. The van der Waals surface area contributed by atoms with E-state index < -0.39 is 11.8 Å². The van der Waals surface area contributed by atoms with Crippen molar-refractivity contribution in [1.29, 1.82) is 0 Å². The number of rotatable bonds is 11. The Morgan fingerprint density at radius 1 is 1.15 bits per heavy atom. The molecule has 0 aromatic heterocycles. The van der Waals surface area contributed by atoms with Crippen molar-refractivity contribution in [3.05, 3.63) is 12.2 Å². The molecule has 0 radical (unpaired) electrons. The van der Waals surface area contributed by atoms with E-state index >= 15 is 0 Å².